The van der Waals surface area contributed by atoms with Gasteiger partial charge in [0.1, 0.15) is 0 Å². The van der Waals surface area contributed by atoms with Crippen LogP contribution in [0, 0.1) is 0 Å². The number of rotatable bonds is 2. The first-order valence-electron chi connectivity index (χ1n) is 4.42. The fourth-order valence-electron chi connectivity index (χ4n) is 1.28. The molecule has 0 amide bonds. The zero-order valence-electron chi connectivity index (χ0n) is 8.65. The van der Waals surface area contributed by atoms with Gasteiger partial charge < -0.3 is 23.0 Å². The molecule has 1 N–H and O–H groups in total. The Hall–Kier alpha value is 0.331. The Morgan fingerprint density at radius 1 is 1.25 bits per heavy atom. The molecule has 16 heavy (non-hydrogen) atoms. The number of hydrogen-bond donors (Lipinski definition) is 1. The fraction of sp³-hybridized carbons (Fsp3) is 0.429. The van der Waals surface area contributed by atoms with Gasteiger partial charge >= 0.3 is 58.4 Å². The van der Waals surface area contributed by atoms with E-state index in [9.17, 15) is 12.9 Å². The number of nitrogens with zero attached hydrogens (tertiary/aromatic N) is 3. The molecule has 1 aromatic rings. The maximum Gasteiger partial charge on any atom is 1.00 e. The molecule has 0 saturated carbocycles. The number of anilines is 1. The standard InChI is InChI=1S/C7H8BF3N3O.K/c9-8(10,11)5-1-12-7(13-2-5)14-3-6(15)4-14;/h1-2,6,15H,3-4H2;/q-1;+1. The van der Waals surface area contributed by atoms with Crippen LogP contribution in [0.1, 0.15) is 0 Å². The van der Waals surface area contributed by atoms with E-state index in [1.54, 1.807) is 4.90 Å². The number of hydrogen-bond acceptors (Lipinski definition) is 4. The van der Waals surface area contributed by atoms with Crippen molar-refractivity contribution in [3.05, 3.63) is 12.4 Å². The zero-order chi connectivity index (χ0) is 11.1. The monoisotopic (exact) mass is 257 g/mol. The second-order valence-electron chi connectivity index (χ2n) is 3.45. The zero-order valence-corrected chi connectivity index (χ0v) is 11.8. The predicted molar refractivity (Wildman–Crippen MR) is 49.0 cm³/mol. The third-order valence-corrected chi connectivity index (χ3v) is 2.18. The van der Waals surface area contributed by atoms with Crippen molar-refractivity contribution in [3.63, 3.8) is 0 Å². The number of β-amino-alcohol motifs (C(OH)–C–C–N with tert-alkyl or cyclic N) is 1. The summed E-state index contributed by atoms with van der Waals surface area (Å²) in [6, 6.07) is 0. The van der Waals surface area contributed by atoms with Crippen molar-refractivity contribution in [2.75, 3.05) is 18.0 Å². The van der Waals surface area contributed by atoms with Crippen LogP contribution in [0.25, 0.3) is 0 Å². The van der Waals surface area contributed by atoms with Gasteiger partial charge in [-0.1, -0.05) is 5.46 Å². The van der Waals surface area contributed by atoms with E-state index in [0.717, 1.165) is 12.4 Å². The van der Waals surface area contributed by atoms with Crippen molar-refractivity contribution in [1.82, 2.24) is 9.97 Å². The van der Waals surface area contributed by atoms with Crippen LogP contribution in [0.15, 0.2) is 12.4 Å². The third kappa shape index (κ3) is 3.17. The smallest absolute Gasteiger partial charge is 0.445 e. The first-order chi connectivity index (χ1) is 6.97. The average Bonchev–Trinajstić information content (AvgIpc) is 2.12. The molecular weight excluding hydrogens is 249 g/mol. The molecule has 0 aliphatic carbocycles. The van der Waals surface area contributed by atoms with Crippen LogP contribution in [-0.2, 0) is 0 Å². The van der Waals surface area contributed by atoms with Gasteiger partial charge in [0.25, 0.3) is 0 Å². The van der Waals surface area contributed by atoms with E-state index >= 15 is 0 Å². The van der Waals surface area contributed by atoms with E-state index in [0.29, 0.717) is 13.1 Å². The Balaban J connectivity index is 0.00000128. The fourth-order valence-corrected chi connectivity index (χ4v) is 1.28. The largest absolute Gasteiger partial charge is 1.00 e. The number of aliphatic hydroxyl groups is 1. The molecule has 2 rings (SSSR count). The van der Waals surface area contributed by atoms with Gasteiger partial charge in [-0.3, -0.25) is 0 Å². The van der Waals surface area contributed by atoms with E-state index in [-0.39, 0.29) is 57.3 Å². The van der Waals surface area contributed by atoms with Gasteiger partial charge in [-0.15, -0.1) is 0 Å². The van der Waals surface area contributed by atoms with Crippen LogP contribution in [0.2, 0.25) is 0 Å². The van der Waals surface area contributed by atoms with E-state index < -0.39 is 18.5 Å². The predicted octanol–water partition coefficient (Wildman–Crippen LogP) is -3.28. The molecule has 0 spiro atoms. The van der Waals surface area contributed by atoms with Gasteiger partial charge in [0.2, 0.25) is 5.95 Å². The van der Waals surface area contributed by atoms with Gasteiger partial charge in [-0.2, -0.15) is 0 Å². The molecule has 0 radical (unpaired) electrons. The average molecular weight is 257 g/mol. The molecule has 0 bridgehead atoms. The van der Waals surface area contributed by atoms with Gasteiger partial charge in [0.05, 0.1) is 6.10 Å². The van der Waals surface area contributed by atoms with Crippen LogP contribution in [0.4, 0.5) is 18.9 Å². The molecule has 82 valence electrons. The van der Waals surface area contributed by atoms with Crippen molar-refractivity contribution in [2.45, 2.75) is 6.10 Å². The molecule has 1 aliphatic rings. The van der Waals surface area contributed by atoms with Crippen LogP contribution >= 0.6 is 0 Å². The summed E-state index contributed by atoms with van der Waals surface area (Å²) in [7, 11) is 0. The maximum atomic E-state index is 12.2. The van der Waals surface area contributed by atoms with Gasteiger partial charge in [0.15, 0.2) is 0 Å². The second kappa shape index (κ2) is 5.32. The first-order valence-corrected chi connectivity index (χ1v) is 4.42. The summed E-state index contributed by atoms with van der Waals surface area (Å²) in [5.74, 6) is 0.226. The van der Waals surface area contributed by atoms with Crippen LogP contribution in [0.3, 0.4) is 0 Å². The van der Waals surface area contributed by atoms with Crippen molar-refractivity contribution < 1.29 is 69.4 Å². The molecule has 9 heteroatoms. The summed E-state index contributed by atoms with van der Waals surface area (Å²) in [4.78, 5) is 8.81. The molecule has 2 heterocycles. The Bertz CT molecular complexity index is 355. The van der Waals surface area contributed by atoms with E-state index in [2.05, 4.69) is 9.97 Å². The number of halogens is 3. The summed E-state index contributed by atoms with van der Waals surface area (Å²) in [6.45, 7) is -4.29. The first kappa shape index (κ1) is 14.4. The quantitative estimate of drug-likeness (QED) is 0.564. The minimum Gasteiger partial charge on any atom is -0.445 e. The Morgan fingerprint density at radius 3 is 2.12 bits per heavy atom. The van der Waals surface area contributed by atoms with Gasteiger partial charge in [0, 0.05) is 25.5 Å². The summed E-state index contributed by atoms with van der Waals surface area (Å²) >= 11 is 0. The summed E-state index contributed by atoms with van der Waals surface area (Å²) in [5.41, 5.74) is -0.806. The van der Waals surface area contributed by atoms with Crippen LogP contribution in [-0.4, -0.2) is 41.2 Å². The number of aromatic nitrogens is 2. The maximum absolute atomic E-state index is 12.2. The van der Waals surface area contributed by atoms with Gasteiger partial charge in [-0.25, -0.2) is 9.97 Å². The minimum atomic E-state index is -5.03. The molecule has 1 aromatic heterocycles. The molecule has 1 fully saturated rings. The normalized spacial score (nSPS) is 16.6. The van der Waals surface area contributed by atoms with Crippen molar-refractivity contribution in [1.29, 1.82) is 0 Å². The SMILES string of the molecule is OC1CN(c2ncc([B-](F)(F)F)cn2)C1.[K+]. The van der Waals surface area contributed by atoms with E-state index in [4.69, 9.17) is 5.11 Å². The second-order valence-corrected chi connectivity index (χ2v) is 3.45. The van der Waals surface area contributed by atoms with Gasteiger partial charge in [-0.05, 0) is 0 Å². The Kier molecular flexibility index (Phi) is 4.78. The topological polar surface area (TPSA) is 49.2 Å². The summed E-state index contributed by atoms with van der Waals surface area (Å²) in [6.07, 6.45) is 1.11. The molecule has 0 aromatic carbocycles. The molecule has 1 saturated heterocycles. The molecule has 0 atom stereocenters. The van der Waals surface area contributed by atoms with Crippen molar-refractivity contribution >= 4 is 18.4 Å². The van der Waals surface area contributed by atoms with Crippen LogP contribution < -0.4 is 61.7 Å². The van der Waals surface area contributed by atoms with Crippen molar-refractivity contribution in [3.8, 4) is 0 Å². The van der Waals surface area contributed by atoms with Crippen molar-refractivity contribution in [2.24, 2.45) is 0 Å². The third-order valence-electron chi connectivity index (χ3n) is 2.18. The minimum absolute atomic E-state index is 0. The molecule has 1 aliphatic heterocycles. The number of aliphatic hydroxyl groups excluding tert-OH is 1. The Morgan fingerprint density at radius 2 is 1.75 bits per heavy atom. The van der Waals surface area contributed by atoms with E-state index in [1.807, 2.05) is 0 Å². The summed E-state index contributed by atoms with van der Waals surface area (Å²) < 4.78 is 36.6. The molecule has 4 nitrogen and oxygen atoms in total. The summed E-state index contributed by atoms with van der Waals surface area (Å²) in [5, 5.41) is 8.99. The Labute approximate surface area is 133 Å². The molecular formula is C7H8BF3KN3O. The van der Waals surface area contributed by atoms with Crippen LogP contribution in [0.5, 0.6) is 0 Å². The van der Waals surface area contributed by atoms with E-state index in [1.165, 1.54) is 0 Å². The molecule has 0 unspecified atom stereocenters.